The number of aromatic nitrogens is 3. The molecule has 0 bridgehead atoms. The quantitative estimate of drug-likeness (QED) is 0.400. The predicted molar refractivity (Wildman–Crippen MR) is 116 cm³/mol. The van der Waals surface area contributed by atoms with Gasteiger partial charge in [-0.2, -0.15) is 5.11 Å². The molecule has 0 unspecified atom stereocenters. The number of nitrogens with zero attached hydrogens (tertiary/aromatic N) is 6. The molecule has 0 N–H and O–H groups in total. The van der Waals surface area contributed by atoms with Gasteiger partial charge in [0.1, 0.15) is 24.0 Å². The molecule has 1 aliphatic rings. The summed E-state index contributed by atoms with van der Waals surface area (Å²) in [5.41, 5.74) is 5.69. The van der Waals surface area contributed by atoms with Crippen LogP contribution in [0.25, 0.3) is 28.5 Å². The largest absolute Gasteiger partial charge is 0.443 e. The molecule has 7 nitrogen and oxygen atoms in total. The van der Waals surface area contributed by atoms with Crippen molar-refractivity contribution in [1.82, 2.24) is 14.5 Å². The van der Waals surface area contributed by atoms with E-state index in [2.05, 4.69) is 26.9 Å². The van der Waals surface area contributed by atoms with Crippen molar-refractivity contribution in [3.63, 3.8) is 0 Å². The van der Waals surface area contributed by atoms with Gasteiger partial charge in [-0.15, -0.1) is 0 Å². The van der Waals surface area contributed by atoms with Crippen LogP contribution in [0, 0.1) is 0 Å². The van der Waals surface area contributed by atoms with Gasteiger partial charge in [-0.05, 0) is 18.2 Å². The van der Waals surface area contributed by atoms with Gasteiger partial charge in [0.2, 0.25) is 5.89 Å². The molecule has 2 aromatic heterocycles. The molecule has 4 aromatic rings. The third-order valence-electron chi connectivity index (χ3n) is 4.92. The normalized spacial score (nSPS) is 13.4. The molecule has 8 heteroatoms. The van der Waals surface area contributed by atoms with E-state index in [1.807, 2.05) is 53.1 Å². The van der Waals surface area contributed by atoms with Crippen LogP contribution in [0.2, 0.25) is 5.02 Å². The summed E-state index contributed by atoms with van der Waals surface area (Å²) in [5.74, 6) is 0.455. The average Bonchev–Trinajstić information content (AvgIpc) is 3.38. The second kappa shape index (κ2) is 7.27. The lowest BCUT2D eigenvalue weighted by Gasteiger charge is -2.19. The van der Waals surface area contributed by atoms with Crippen LogP contribution in [0.4, 0.5) is 5.69 Å². The van der Waals surface area contributed by atoms with Gasteiger partial charge in [0.25, 0.3) is 0 Å². The number of allylic oxidation sites excluding steroid dienone is 1. The number of anilines is 1. The van der Waals surface area contributed by atoms with Gasteiger partial charge >= 0.3 is 0 Å². The zero-order chi connectivity index (χ0) is 20.7. The standard InChI is InChI=1S/C22H17ClN6O/c1-14-10-20-21(22-26-17(12-30-22)15-6-4-3-5-7-15)25-13-28(20)18-9-8-16(23)11-19(18)29(14)27-24-2/h3-9,11-13H,1,10H2,2H3. The van der Waals surface area contributed by atoms with Crippen molar-refractivity contribution in [2.45, 2.75) is 6.42 Å². The van der Waals surface area contributed by atoms with E-state index in [1.54, 1.807) is 24.6 Å². The summed E-state index contributed by atoms with van der Waals surface area (Å²) >= 11 is 6.25. The number of fused-ring (bicyclic) bond motifs is 3. The Balaban J connectivity index is 1.64. The summed E-state index contributed by atoms with van der Waals surface area (Å²) in [6.07, 6.45) is 3.89. The first kappa shape index (κ1) is 18.3. The van der Waals surface area contributed by atoms with Crippen LogP contribution in [-0.2, 0) is 6.42 Å². The van der Waals surface area contributed by atoms with Crippen LogP contribution >= 0.6 is 11.6 Å². The topological polar surface area (TPSA) is 71.8 Å². The fourth-order valence-corrected chi connectivity index (χ4v) is 3.73. The highest BCUT2D eigenvalue weighted by molar-refractivity contribution is 6.31. The third-order valence-corrected chi connectivity index (χ3v) is 5.15. The Hall–Kier alpha value is -3.71. The Morgan fingerprint density at radius 1 is 1.13 bits per heavy atom. The molecule has 0 aliphatic carbocycles. The van der Waals surface area contributed by atoms with Crippen LogP contribution in [0.1, 0.15) is 5.69 Å². The molecule has 2 aromatic carbocycles. The van der Waals surface area contributed by atoms with Gasteiger partial charge in [0, 0.05) is 22.7 Å². The number of oxazole rings is 1. The van der Waals surface area contributed by atoms with Gasteiger partial charge in [0.15, 0.2) is 0 Å². The van der Waals surface area contributed by atoms with Crippen LogP contribution in [0.3, 0.4) is 0 Å². The first-order valence-corrected chi connectivity index (χ1v) is 9.68. The monoisotopic (exact) mass is 416 g/mol. The van der Waals surface area contributed by atoms with Crippen molar-refractivity contribution >= 4 is 17.3 Å². The van der Waals surface area contributed by atoms with E-state index >= 15 is 0 Å². The van der Waals surface area contributed by atoms with E-state index in [0.717, 1.165) is 34.0 Å². The fraction of sp³-hybridized carbons (Fsp3) is 0.0909. The Kier molecular flexibility index (Phi) is 4.44. The molecule has 0 fully saturated rings. The average molecular weight is 417 g/mol. The first-order chi connectivity index (χ1) is 14.7. The molecule has 5 rings (SSSR count). The minimum atomic E-state index is 0.455. The van der Waals surface area contributed by atoms with Gasteiger partial charge in [-0.3, -0.25) is 4.57 Å². The SMILES string of the molecule is C=C1Cc2c(-c3nc(-c4ccccc4)co3)ncn2-c2ccc(Cl)cc2N1N=NC. The zero-order valence-corrected chi connectivity index (χ0v) is 16.9. The fourth-order valence-electron chi connectivity index (χ4n) is 3.56. The van der Waals surface area contributed by atoms with E-state index in [4.69, 9.17) is 16.0 Å². The molecular formula is C22H17ClN6O. The molecule has 3 heterocycles. The molecule has 0 saturated carbocycles. The maximum Gasteiger partial charge on any atom is 0.247 e. The van der Waals surface area contributed by atoms with Gasteiger partial charge in [0.05, 0.1) is 24.1 Å². The van der Waals surface area contributed by atoms with Crippen LogP contribution in [0.5, 0.6) is 0 Å². The van der Waals surface area contributed by atoms with Crippen molar-refractivity contribution in [3.8, 4) is 28.5 Å². The number of benzene rings is 2. The van der Waals surface area contributed by atoms with Gasteiger partial charge in [-0.25, -0.2) is 15.0 Å². The summed E-state index contributed by atoms with van der Waals surface area (Å²) in [5, 5.41) is 10.5. The summed E-state index contributed by atoms with van der Waals surface area (Å²) < 4.78 is 7.78. The van der Waals surface area contributed by atoms with Crippen LogP contribution in [0.15, 0.2) is 88.2 Å². The molecule has 0 spiro atoms. The highest BCUT2D eigenvalue weighted by Crippen LogP contribution is 2.38. The van der Waals surface area contributed by atoms with Crippen molar-refractivity contribution in [1.29, 1.82) is 0 Å². The zero-order valence-electron chi connectivity index (χ0n) is 16.2. The van der Waals surface area contributed by atoms with E-state index in [9.17, 15) is 0 Å². The third kappa shape index (κ3) is 3.00. The van der Waals surface area contributed by atoms with Crippen LogP contribution < -0.4 is 5.01 Å². The Morgan fingerprint density at radius 3 is 2.77 bits per heavy atom. The highest BCUT2D eigenvalue weighted by atomic mass is 35.5. The number of rotatable bonds is 3. The summed E-state index contributed by atoms with van der Waals surface area (Å²) in [4.78, 5) is 9.27. The molecule has 1 aliphatic heterocycles. The number of imidazole rings is 1. The first-order valence-electron chi connectivity index (χ1n) is 9.31. The van der Waals surface area contributed by atoms with Crippen LogP contribution in [-0.4, -0.2) is 21.6 Å². The minimum Gasteiger partial charge on any atom is -0.443 e. The number of hydrogen-bond acceptors (Lipinski definition) is 5. The van der Waals surface area contributed by atoms with Crippen molar-refractivity contribution < 1.29 is 4.42 Å². The molecular weight excluding hydrogens is 400 g/mol. The molecule has 0 amide bonds. The number of hydrogen-bond donors (Lipinski definition) is 0. The van der Waals surface area contributed by atoms with Gasteiger partial charge < -0.3 is 4.42 Å². The smallest absolute Gasteiger partial charge is 0.247 e. The Labute approximate surface area is 177 Å². The molecule has 0 atom stereocenters. The maximum absolute atomic E-state index is 6.25. The minimum absolute atomic E-state index is 0.455. The lowest BCUT2D eigenvalue weighted by atomic mass is 10.2. The second-order valence-electron chi connectivity index (χ2n) is 6.79. The van der Waals surface area contributed by atoms with E-state index < -0.39 is 0 Å². The Bertz CT molecular complexity index is 1270. The summed E-state index contributed by atoms with van der Waals surface area (Å²) in [6, 6.07) is 15.5. The number of halogens is 1. The van der Waals surface area contributed by atoms with E-state index in [-0.39, 0.29) is 0 Å². The van der Waals surface area contributed by atoms with Crippen molar-refractivity contribution in [2.24, 2.45) is 10.3 Å². The molecule has 148 valence electrons. The lowest BCUT2D eigenvalue weighted by Crippen LogP contribution is -2.15. The molecule has 0 radical (unpaired) electrons. The maximum atomic E-state index is 6.25. The van der Waals surface area contributed by atoms with E-state index in [1.165, 1.54) is 0 Å². The van der Waals surface area contributed by atoms with Crippen molar-refractivity contribution in [2.75, 3.05) is 12.1 Å². The second-order valence-corrected chi connectivity index (χ2v) is 7.23. The molecule has 30 heavy (non-hydrogen) atoms. The summed E-state index contributed by atoms with van der Waals surface area (Å²) in [6.45, 7) is 4.21. The molecule has 0 saturated heterocycles. The Morgan fingerprint density at radius 2 is 1.97 bits per heavy atom. The summed E-state index contributed by atoms with van der Waals surface area (Å²) in [7, 11) is 1.62. The van der Waals surface area contributed by atoms with Gasteiger partial charge in [-0.1, -0.05) is 53.7 Å². The lowest BCUT2D eigenvalue weighted by molar-refractivity contribution is 0.572. The van der Waals surface area contributed by atoms with E-state index in [0.29, 0.717) is 23.0 Å². The van der Waals surface area contributed by atoms with Crippen molar-refractivity contribution in [3.05, 3.63) is 84.1 Å². The predicted octanol–water partition coefficient (Wildman–Crippen LogP) is 5.72. The highest BCUT2D eigenvalue weighted by Gasteiger charge is 2.27.